The Morgan fingerprint density at radius 3 is 1.91 bits per heavy atom. The SMILES string of the molecule is C=C(CCCCCCCOc1ccc(C(=O)Oc2ccc(-c3ccc(OCCCCCC)cc3)cc2[N+](=O)[O-])cc1)C(=O)O. The van der Waals surface area contributed by atoms with Crippen LogP contribution >= 0.6 is 0 Å². The zero-order chi connectivity index (χ0) is 31.7. The maximum absolute atomic E-state index is 12.8. The highest BCUT2D eigenvalue weighted by Crippen LogP contribution is 2.33. The lowest BCUT2D eigenvalue weighted by molar-refractivity contribution is -0.385. The Morgan fingerprint density at radius 2 is 1.32 bits per heavy atom. The van der Waals surface area contributed by atoms with Crippen molar-refractivity contribution in [2.45, 2.75) is 71.1 Å². The van der Waals surface area contributed by atoms with E-state index in [2.05, 4.69) is 13.5 Å². The van der Waals surface area contributed by atoms with Gasteiger partial charge in [-0.1, -0.05) is 70.2 Å². The molecule has 0 aliphatic carbocycles. The summed E-state index contributed by atoms with van der Waals surface area (Å²) >= 11 is 0. The standard InChI is InChI=1S/C35H41NO8/c1-3-4-5-10-23-42-30-18-13-27(14-19-30)29-17-22-33(32(25-29)36(40)41)44-35(39)28-15-20-31(21-16-28)43-24-11-8-6-7-9-12-26(2)34(37)38/h13-22,25H,2-12,23-24H2,1H3,(H,37,38). The van der Waals surface area contributed by atoms with Crippen molar-refractivity contribution in [3.63, 3.8) is 0 Å². The van der Waals surface area contributed by atoms with Crippen LogP contribution in [0, 0.1) is 10.1 Å². The number of carbonyl (C=O) groups is 2. The molecule has 234 valence electrons. The van der Waals surface area contributed by atoms with Crippen molar-refractivity contribution in [1.82, 2.24) is 0 Å². The highest BCUT2D eigenvalue weighted by atomic mass is 16.6. The third-order valence-corrected chi connectivity index (χ3v) is 7.10. The molecule has 3 aromatic carbocycles. The van der Waals surface area contributed by atoms with Crippen molar-refractivity contribution < 1.29 is 33.8 Å². The molecular weight excluding hydrogens is 562 g/mol. The maximum Gasteiger partial charge on any atom is 0.343 e. The number of unbranched alkanes of at least 4 members (excludes halogenated alkanes) is 7. The molecule has 0 aromatic heterocycles. The van der Waals surface area contributed by atoms with Crippen LogP contribution < -0.4 is 14.2 Å². The first-order valence-corrected chi connectivity index (χ1v) is 15.2. The van der Waals surface area contributed by atoms with E-state index in [4.69, 9.17) is 19.3 Å². The Hall–Kier alpha value is -4.66. The second-order valence-corrected chi connectivity index (χ2v) is 10.6. The summed E-state index contributed by atoms with van der Waals surface area (Å²) in [5, 5.41) is 20.6. The molecule has 0 saturated heterocycles. The molecule has 1 N–H and O–H groups in total. The van der Waals surface area contributed by atoms with Gasteiger partial charge < -0.3 is 19.3 Å². The van der Waals surface area contributed by atoms with Crippen LogP contribution in [0.5, 0.6) is 17.2 Å². The van der Waals surface area contributed by atoms with Crippen LogP contribution in [0.3, 0.4) is 0 Å². The van der Waals surface area contributed by atoms with Crippen LogP contribution in [-0.4, -0.2) is 35.2 Å². The number of carboxylic acid groups (broad SMARTS) is 1. The smallest absolute Gasteiger partial charge is 0.343 e. The van der Waals surface area contributed by atoms with Gasteiger partial charge in [0, 0.05) is 11.6 Å². The highest BCUT2D eigenvalue weighted by Gasteiger charge is 2.20. The van der Waals surface area contributed by atoms with Gasteiger partial charge in [0.1, 0.15) is 11.5 Å². The number of nitrogens with zero attached hydrogens (tertiary/aromatic N) is 1. The van der Waals surface area contributed by atoms with Gasteiger partial charge in [-0.05, 0) is 79.3 Å². The van der Waals surface area contributed by atoms with E-state index >= 15 is 0 Å². The van der Waals surface area contributed by atoms with Gasteiger partial charge in [-0.2, -0.15) is 0 Å². The summed E-state index contributed by atoms with van der Waals surface area (Å²) in [4.78, 5) is 34.8. The summed E-state index contributed by atoms with van der Waals surface area (Å²) in [5.41, 5.74) is 1.58. The van der Waals surface area contributed by atoms with E-state index in [1.54, 1.807) is 30.3 Å². The summed E-state index contributed by atoms with van der Waals surface area (Å²) < 4.78 is 16.9. The minimum atomic E-state index is -0.940. The average Bonchev–Trinajstić information content (AvgIpc) is 3.02. The molecular formula is C35H41NO8. The molecule has 3 aromatic rings. The van der Waals surface area contributed by atoms with Crippen LogP contribution in [0.4, 0.5) is 5.69 Å². The molecule has 0 heterocycles. The molecule has 9 heteroatoms. The molecule has 3 rings (SSSR count). The van der Waals surface area contributed by atoms with Crippen LogP contribution in [0.1, 0.15) is 81.5 Å². The number of hydrogen-bond donors (Lipinski definition) is 1. The average molecular weight is 604 g/mol. The van der Waals surface area contributed by atoms with Gasteiger partial charge in [0.15, 0.2) is 0 Å². The van der Waals surface area contributed by atoms with Crippen LogP contribution in [0.15, 0.2) is 78.9 Å². The number of nitro groups is 1. The number of aliphatic carboxylic acids is 1. The van der Waals surface area contributed by atoms with Gasteiger partial charge in [-0.25, -0.2) is 9.59 Å². The monoisotopic (exact) mass is 603 g/mol. The van der Waals surface area contributed by atoms with Crippen molar-refractivity contribution in [3.8, 4) is 28.4 Å². The van der Waals surface area contributed by atoms with Crippen molar-refractivity contribution in [1.29, 1.82) is 0 Å². The number of benzene rings is 3. The molecule has 0 aliphatic rings. The largest absolute Gasteiger partial charge is 0.494 e. The van der Waals surface area contributed by atoms with E-state index in [9.17, 15) is 19.7 Å². The number of nitro benzene ring substituents is 1. The topological polar surface area (TPSA) is 125 Å². The normalized spacial score (nSPS) is 10.7. The molecule has 0 radical (unpaired) electrons. The second-order valence-electron chi connectivity index (χ2n) is 10.6. The fourth-order valence-electron chi connectivity index (χ4n) is 4.50. The van der Waals surface area contributed by atoms with Crippen molar-refractivity contribution in [3.05, 3.63) is 94.6 Å². The highest BCUT2D eigenvalue weighted by molar-refractivity contribution is 5.92. The molecule has 0 spiro atoms. The second kappa shape index (κ2) is 18.1. The van der Waals surface area contributed by atoms with E-state index < -0.39 is 16.9 Å². The predicted molar refractivity (Wildman–Crippen MR) is 170 cm³/mol. The van der Waals surface area contributed by atoms with E-state index in [0.29, 0.717) is 30.9 Å². The number of ether oxygens (including phenoxy) is 3. The molecule has 0 unspecified atom stereocenters. The molecule has 0 aliphatic heterocycles. The van der Waals surface area contributed by atoms with Gasteiger partial charge in [-0.3, -0.25) is 10.1 Å². The van der Waals surface area contributed by atoms with E-state index in [1.165, 1.54) is 25.0 Å². The summed E-state index contributed by atoms with van der Waals surface area (Å²) in [6, 6.07) is 18.3. The van der Waals surface area contributed by atoms with Gasteiger partial charge in [0.2, 0.25) is 5.75 Å². The van der Waals surface area contributed by atoms with Crippen LogP contribution in [0.25, 0.3) is 11.1 Å². The van der Waals surface area contributed by atoms with Crippen molar-refractivity contribution >= 4 is 17.6 Å². The first-order valence-electron chi connectivity index (χ1n) is 15.2. The maximum atomic E-state index is 12.8. The lowest BCUT2D eigenvalue weighted by Crippen LogP contribution is -2.10. The number of rotatable bonds is 20. The Bertz CT molecular complexity index is 1380. The summed E-state index contributed by atoms with van der Waals surface area (Å²) in [6.45, 7) is 6.86. The lowest BCUT2D eigenvalue weighted by Gasteiger charge is -2.10. The van der Waals surface area contributed by atoms with Gasteiger partial charge in [0.25, 0.3) is 0 Å². The fraction of sp³-hybridized carbons (Fsp3) is 0.371. The van der Waals surface area contributed by atoms with E-state index in [1.807, 2.05) is 24.3 Å². The zero-order valence-electron chi connectivity index (χ0n) is 25.3. The Balaban J connectivity index is 1.48. The molecule has 0 atom stereocenters. The number of esters is 1. The minimum absolute atomic E-state index is 0.136. The van der Waals surface area contributed by atoms with Gasteiger partial charge >= 0.3 is 17.6 Å². The van der Waals surface area contributed by atoms with Gasteiger partial charge in [-0.15, -0.1) is 0 Å². The quantitative estimate of drug-likeness (QED) is 0.0339. The predicted octanol–water partition coefficient (Wildman–Crippen LogP) is 8.80. The van der Waals surface area contributed by atoms with E-state index in [0.717, 1.165) is 56.3 Å². The fourth-order valence-corrected chi connectivity index (χ4v) is 4.50. The molecule has 9 nitrogen and oxygen atoms in total. The molecule has 0 amide bonds. The Kier molecular flexibility index (Phi) is 13.9. The van der Waals surface area contributed by atoms with Gasteiger partial charge in [0.05, 0.1) is 23.7 Å². The first kappa shape index (κ1) is 33.8. The van der Waals surface area contributed by atoms with Crippen molar-refractivity contribution in [2.75, 3.05) is 13.2 Å². The van der Waals surface area contributed by atoms with Crippen LogP contribution in [-0.2, 0) is 4.79 Å². The first-order chi connectivity index (χ1) is 21.3. The Morgan fingerprint density at radius 1 is 0.773 bits per heavy atom. The number of carboxylic acids is 1. The molecule has 0 fully saturated rings. The number of carbonyl (C=O) groups excluding carboxylic acids is 1. The summed E-state index contributed by atoms with van der Waals surface area (Å²) in [6.07, 6.45) is 9.52. The Labute approximate surface area is 258 Å². The summed E-state index contributed by atoms with van der Waals surface area (Å²) in [5.74, 6) is -0.440. The van der Waals surface area contributed by atoms with Crippen molar-refractivity contribution in [2.24, 2.45) is 0 Å². The van der Waals surface area contributed by atoms with Crippen LogP contribution in [0.2, 0.25) is 0 Å². The molecule has 0 saturated carbocycles. The number of hydrogen-bond acceptors (Lipinski definition) is 7. The molecule has 44 heavy (non-hydrogen) atoms. The third-order valence-electron chi connectivity index (χ3n) is 7.10. The minimum Gasteiger partial charge on any atom is -0.494 e. The molecule has 0 bridgehead atoms. The third kappa shape index (κ3) is 11.2. The lowest BCUT2D eigenvalue weighted by atomic mass is 10.0. The summed E-state index contributed by atoms with van der Waals surface area (Å²) in [7, 11) is 0. The van der Waals surface area contributed by atoms with E-state index in [-0.39, 0.29) is 22.6 Å². The zero-order valence-corrected chi connectivity index (χ0v) is 25.3.